The lowest BCUT2D eigenvalue weighted by Crippen LogP contribution is -2.65. The highest BCUT2D eigenvalue weighted by Gasteiger charge is 2.67. The third kappa shape index (κ3) is 4.04. The van der Waals surface area contributed by atoms with Crippen molar-refractivity contribution in [1.82, 2.24) is 0 Å². The van der Waals surface area contributed by atoms with Gasteiger partial charge >= 0.3 is 11.9 Å². The molecule has 178 valence electrons. The van der Waals surface area contributed by atoms with E-state index in [1.54, 1.807) is 13.8 Å². The van der Waals surface area contributed by atoms with E-state index in [1.165, 1.54) is 24.6 Å². The molecule has 1 atom stereocenters. The zero-order valence-electron chi connectivity index (χ0n) is 20.8. The Morgan fingerprint density at radius 1 is 0.909 bits per heavy atom. The van der Waals surface area contributed by atoms with Crippen molar-refractivity contribution in [3.05, 3.63) is 60.7 Å². The average molecular weight is 469 g/mol. The van der Waals surface area contributed by atoms with Crippen LogP contribution in [0.4, 0.5) is 0 Å². The molecule has 2 aromatic carbocycles. The predicted molar refractivity (Wildman–Crippen MR) is 132 cm³/mol. The second-order valence-electron chi connectivity index (χ2n) is 10.4. The van der Waals surface area contributed by atoms with Gasteiger partial charge < -0.3 is 14.2 Å². The fraction of sp³-hybridized carbons (Fsp3) is 0.481. The highest BCUT2D eigenvalue weighted by atomic mass is 28.3. The Bertz CT molecular complexity index is 923. The SMILES string of the molecule is COC(=O)C1(C(=O)OC)CC(C[Si](c2ccccc2)(c2ccccc2)C(C)(C)C)OC1(C)C. The Morgan fingerprint density at radius 3 is 1.70 bits per heavy atom. The molecule has 1 fully saturated rings. The second-order valence-corrected chi connectivity index (χ2v) is 15.3. The lowest BCUT2D eigenvalue weighted by Gasteiger charge is -2.45. The molecule has 0 saturated carbocycles. The van der Waals surface area contributed by atoms with Gasteiger partial charge in [-0.25, -0.2) is 0 Å². The maximum absolute atomic E-state index is 13.0. The van der Waals surface area contributed by atoms with Crippen LogP contribution in [0, 0.1) is 5.41 Å². The molecule has 0 aliphatic carbocycles. The first-order valence-corrected chi connectivity index (χ1v) is 13.6. The molecule has 2 aromatic rings. The summed E-state index contributed by atoms with van der Waals surface area (Å²) in [7, 11) is 0.150. The summed E-state index contributed by atoms with van der Waals surface area (Å²) in [5, 5.41) is 2.54. The number of carbonyl (C=O) groups is 2. The molecule has 6 heteroatoms. The van der Waals surface area contributed by atoms with Crippen LogP contribution in [-0.4, -0.2) is 45.9 Å². The molecule has 1 heterocycles. The number of esters is 2. The molecule has 0 amide bonds. The summed E-state index contributed by atoms with van der Waals surface area (Å²) in [4.78, 5) is 26.0. The minimum atomic E-state index is -2.46. The molecule has 1 unspecified atom stereocenters. The third-order valence-electron chi connectivity index (χ3n) is 7.44. The monoisotopic (exact) mass is 468 g/mol. The minimum Gasteiger partial charge on any atom is -0.468 e. The maximum atomic E-state index is 13.0. The Balaban J connectivity index is 2.17. The number of ether oxygens (including phenoxy) is 3. The van der Waals surface area contributed by atoms with Crippen molar-refractivity contribution < 1.29 is 23.8 Å². The summed E-state index contributed by atoms with van der Waals surface area (Å²) in [6.45, 7) is 10.4. The Hall–Kier alpha value is -2.44. The smallest absolute Gasteiger partial charge is 0.326 e. The molecule has 0 spiro atoms. The first-order chi connectivity index (χ1) is 15.5. The molecular formula is C27H36O5Si. The third-order valence-corrected chi connectivity index (χ3v) is 13.7. The van der Waals surface area contributed by atoms with Gasteiger partial charge in [-0.15, -0.1) is 0 Å². The molecule has 0 aromatic heterocycles. The predicted octanol–water partition coefficient (Wildman–Crippen LogP) is 3.95. The number of benzene rings is 2. The van der Waals surface area contributed by atoms with Crippen LogP contribution in [0.2, 0.25) is 11.1 Å². The van der Waals surface area contributed by atoms with Gasteiger partial charge in [-0.3, -0.25) is 9.59 Å². The first-order valence-electron chi connectivity index (χ1n) is 11.4. The van der Waals surface area contributed by atoms with Crippen molar-refractivity contribution in [2.75, 3.05) is 14.2 Å². The standard InChI is InChI=1S/C27H36O5Si/c1-25(2,3)33(21-14-10-8-11-15-21,22-16-12-9-13-17-22)19-20-18-27(23(28)30-6,24(29)31-7)26(4,5)32-20/h8-17,20H,18-19H2,1-7H3. The number of rotatable bonds is 6. The molecule has 0 radical (unpaired) electrons. The van der Waals surface area contributed by atoms with Gasteiger partial charge in [0.15, 0.2) is 5.41 Å². The van der Waals surface area contributed by atoms with Crippen molar-refractivity contribution in [1.29, 1.82) is 0 Å². The summed E-state index contributed by atoms with van der Waals surface area (Å²) in [6.07, 6.45) is -0.0892. The van der Waals surface area contributed by atoms with E-state index in [1.807, 2.05) is 12.1 Å². The summed E-state index contributed by atoms with van der Waals surface area (Å²) < 4.78 is 16.7. The van der Waals surface area contributed by atoms with Gasteiger partial charge in [-0.1, -0.05) is 91.8 Å². The second kappa shape index (κ2) is 9.07. The molecule has 0 bridgehead atoms. The largest absolute Gasteiger partial charge is 0.468 e. The molecule has 3 rings (SSSR count). The van der Waals surface area contributed by atoms with Gasteiger partial charge in [0.1, 0.15) is 8.07 Å². The fourth-order valence-corrected chi connectivity index (χ4v) is 11.3. The van der Waals surface area contributed by atoms with E-state index in [0.717, 1.165) is 6.04 Å². The maximum Gasteiger partial charge on any atom is 0.326 e. The van der Waals surface area contributed by atoms with Gasteiger partial charge in [0, 0.05) is 6.42 Å². The van der Waals surface area contributed by atoms with Gasteiger partial charge in [0.2, 0.25) is 0 Å². The van der Waals surface area contributed by atoms with Crippen LogP contribution in [0.25, 0.3) is 0 Å². The van der Waals surface area contributed by atoms with Gasteiger partial charge in [0.05, 0.1) is 25.9 Å². The van der Waals surface area contributed by atoms with Crippen LogP contribution in [-0.2, 0) is 23.8 Å². The Labute approximate surface area is 198 Å². The quantitative estimate of drug-likeness (QED) is 0.365. The Kier molecular flexibility index (Phi) is 6.92. The van der Waals surface area contributed by atoms with E-state index in [9.17, 15) is 9.59 Å². The molecule has 5 nitrogen and oxygen atoms in total. The fourth-order valence-electron chi connectivity index (χ4n) is 5.71. The van der Waals surface area contributed by atoms with Crippen molar-refractivity contribution in [3.63, 3.8) is 0 Å². The first kappa shape index (κ1) is 25.2. The molecular weight excluding hydrogens is 432 g/mol. The molecule has 33 heavy (non-hydrogen) atoms. The summed E-state index contributed by atoms with van der Waals surface area (Å²) >= 11 is 0. The summed E-state index contributed by atoms with van der Waals surface area (Å²) in [6, 6.07) is 21.9. The lowest BCUT2D eigenvalue weighted by molar-refractivity contribution is -0.180. The minimum absolute atomic E-state index is 0.0645. The lowest BCUT2D eigenvalue weighted by atomic mass is 9.72. The zero-order chi connectivity index (χ0) is 24.5. The molecule has 1 aliphatic heterocycles. The molecule has 1 aliphatic rings. The molecule has 1 saturated heterocycles. The van der Waals surface area contributed by atoms with Crippen molar-refractivity contribution in [3.8, 4) is 0 Å². The van der Waals surface area contributed by atoms with E-state index in [4.69, 9.17) is 14.2 Å². The van der Waals surface area contributed by atoms with Crippen LogP contribution in [0.3, 0.4) is 0 Å². The van der Waals surface area contributed by atoms with Crippen molar-refractivity contribution in [2.24, 2.45) is 5.41 Å². The normalized spacial score (nSPS) is 19.7. The number of hydrogen-bond donors (Lipinski definition) is 0. The average Bonchev–Trinajstić information content (AvgIpc) is 3.07. The van der Waals surface area contributed by atoms with Crippen LogP contribution >= 0.6 is 0 Å². The van der Waals surface area contributed by atoms with Gasteiger partial charge in [0.25, 0.3) is 0 Å². The van der Waals surface area contributed by atoms with Gasteiger partial charge in [-0.2, -0.15) is 0 Å². The van der Waals surface area contributed by atoms with E-state index >= 15 is 0 Å². The van der Waals surface area contributed by atoms with Crippen LogP contribution in [0.15, 0.2) is 60.7 Å². The van der Waals surface area contributed by atoms with Gasteiger partial charge in [-0.05, 0) is 24.9 Å². The number of carbonyl (C=O) groups excluding carboxylic acids is 2. The number of hydrogen-bond acceptors (Lipinski definition) is 5. The number of methoxy groups -OCH3 is 2. The van der Waals surface area contributed by atoms with Crippen LogP contribution < -0.4 is 10.4 Å². The van der Waals surface area contributed by atoms with Crippen LogP contribution in [0.1, 0.15) is 41.0 Å². The zero-order valence-corrected chi connectivity index (χ0v) is 21.8. The van der Waals surface area contributed by atoms with E-state index in [2.05, 4.69) is 69.3 Å². The topological polar surface area (TPSA) is 61.8 Å². The van der Waals surface area contributed by atoms with Crippen molar-refractivity contribution in [2.45, 2.75) is 63.8 Å². The highest BCUT2D eigenvalue weighted by Crippen LogP contribution is 2.52. The van der Waals surface area contributed by atoms with E-state index in [-0.39, 0.29) is 17.6 Å². The highest BCUT2D eigenvalue weighted by molar-refractivity contribution is 7.04. The van der Waals surface area contributed by atoms with Crippen molar-refractivity contribution >= 4 is 30.4 Å². The van der Waals surface area contributed by atoms with E-state index in [0.29, 0.717) is 0 Å². The van der Waals surface area contributed by atoms with Crippen LogP contribution in [0.5, 0.6) is 0 Å². The summed E-state index contributed by atoms with van der Waals surface area (Å²) in [5.41, 5.74) is -2.57. The Morgan fingerprint density at radius 2 is 1.33 bits per heavy atom. The molecule has 0 N–H and O–H groups in total. The summed E-state index contributed by atoms with van der Waals surface area (Å²) in [5.74, 6) is -1.21. The van der Waals surface area contributed by atoms with E-state index < -0.39 is 31.0 Å².